The summed E-state index contributed by atoms with van der Waals surface area (Å²) in [6, 6.07) is 9.61. The zero-order valence-corrected chi connectivity index (χ0v) is 11.5. The molecule has 1 heterocycles. The molecular weight excluding hydrogens is 228 g/mol. The Morgan fingerprint density at radius 2 is 2.12 bits per heavy atom. The molecule has 17 heavy (non-hydrogen) atoms. The van der Waals surface area contributed by atoms with E-state index in [1.807, 2.05) is 0 Å². The standard InChI is InChI=1S/C14H22N2S/c1-3-14(15)12-4-6-13(7-5-12)16-8-9-17-10-11(16)2/h4-7,11,14H,3,8-10,15H2,1-2H3. The van der Waals surface area contributed by atoms with E-state index in [0.29, 0.717) is 6.04 Å². The van der Waals surface area contributed by atoms with Gasteiger partial charge in [-0.15, -0.1) is 0 Å². The number of nitrogens with zero attached hydrogens (tertiary/aromatic N) is 1. The number of thioether (sulfide) groups is 1. The summed E-state index contributed by atoms with van der Waals surface area (Å²) < 4.78 is 0. The van der Waals surface area contributed by atoms with Gasteiger partial charge in [-0.05, 0) is 31.0 Å². The van der Waals surface area contributed by atoms with Crippen molar-refractivity contribution in [1.82, 2.24) is 0 Å². The number of hydrogen-bond acceptors (Lipinski definition) is 3. The molecule has 94 valence electrons. The number of benzene rings is 1. The molecule has 0 amide bonds. The minimum Gasteiger partial charge on any atom is -0.367 e. The Morgan fingerprint density at radius 1 is 1.41 bits per heavy atom. The van der Waals surface area contributed by atoms with Crippen LogP contribution in [0, 0.1) is 0 Å². The van der Waals surface area contributed by atoms with Gasteiger partial charge in [0, 0.05) is 35.8 Å². The number of hydrogen-bond donors (Lipinski definition) is 1. The van der Waals surface area contributed by atoms with Crippen molar-refractivity contribution in [3.05, 3.63) is 29.8 Å². The van der Waals surface area contributed by atoms with E-state index >= 15 is 0 Å². The van der Waals surface area contributed by atoms with Gasteiger partial charge in [0.1, 0.15) is 0 Å². The largest absolute Gasteiger partial charge is 0.367 e. The van der Waals surface area contributed by atoms with Crippen molar-refractivity contribution in [3.8, 4) is 0 Å². The fraction of sp³-hybridized carbons (Fsp3) is 0.571. The van der Waals surface area contributed by atoms with Crippen molar-refractivity contribution in [2.75, 3.05) is 23.0 Å². The van der Waals surface area contributed by atoms with Crippen LogP contribution in [0.1, 0.15) is 31.9 Å². The highest BCUT2D eigenvalue weighted by molar-refractivity contribution is 7.99. The fourth-order valence-electron chi connectivity index (χ4n) is 2.26. The predicted octanol–water partition coefficient (Wildman–Crippen LogP) is 3.04. The smallest absolute Gasteiger partial charge is 0.0369 e. The maximum atomic E-state index is 6.03. The Labute approximate surface area is 109 Å². The molecule has 1 fully saturated rings. The molecule has 2 nitrogen and oxygen atoms in total. The Bertz CT molecular complexity index is 350. The van der Waals surface area contributed by atoms with Gasteiger partial charge in [-0.2, -0.15) is 11.8 Å². The first-order valence-corrected chi connectivity index (χ1v) is 7.57. The minimum absolute atomic E-state index is 0.179. The monoisotopic (exact) mass is 250 g/mol. The van der Waals surface area contributed by atoms with Crippen molar-refractivity contribution in [2.45, 2.75) is 32.4 Å². The molecule has 1 aliphatic rings. The first-order chi connectivity index (χ1) is 8.22. The van der Waals surface area contributed by atoms with E-state index < -0.39 is 0 Å². The molecule has 1 aliphatic heterocycles. The molecule has 0 aliphatic carbocycles. The molecule has 0 aromatic heterocycles. The first kappa shape index (κ1) is 12.8. The van der Waals surface area contributed by atoms with E-state index in [9.17, 15) is 0 Å². The molecule has 0 radical (unpaired) electrons. The van der Waals surface area contributed by atoms with Crippen LogP contribution in [-0.2, 0) is 0 Å². The summed E-state index contributed by atoms with van der Waals surface area (Å²) in [5.74, 6) is 2.47. The van der Waals surface area contributed by atoms with Crippen LogP contribution in [0.5, 0.6) is 0 Å². The van der Waals surface area contributed by atoms with E-state index in [1.165, 1.54) is 22.8 Å². The lowest BCUT2D eigenvalue weighted by atomic mass is 10.0. The molecular formula is C14H22N2S. The third-order valence-electron chi connectivity index (χ3n) is 3.46. The van der Waals surface area contributed by atoms with Crippen LogP contribution in [0.15, 0.2) is 24.3 Å². The molecule has 2 N–H and O–H groups in total. The van der Waals surface area contributed by atoms with Gasteiger partial charge in [0.2, 0.25) is 0 Å². The van der Waals surface area contributed by atoms with E-state index in [1.54, 1.807) is 0 Å². The van der Waals surface area contributed by atoms with Crippen LogP contribution < -0.4 is 10.6 Å². The molecule has 1 aromatic rings. The minimum atomic E-state index is 0.179. The highest BCUT2D eigenvalue weighted by Crippen LogP contribution is 2.25. The second-order valence-electron chi connectivity index (χ2n) is 4.72. The van der Waals surface area contributed by atoms with E-state index in [0.717, 1.165) is 13.0 Å². The zero-order valence-electron chi connectivity index (χ0n) is 10.7. The number of anilines is 1. The maximum Gasteiger partial charge on any atom is 0.0369 e. The SMILES string of the molecule is CCC(N)c1ccc(N2CCSCC2C)cc1. The summed E-state index contributed by atoms with van der Waals surface area (Å²) in [7, 11) is 0. The van der Waals surface area contributed by atoms with Gasteiger partial charge in [0.15, 0.2) is 0 Å². The van der Waals surface area contributed by atoms with Crippen LogP contribution in [0.25, 0.3) is 0 Å². The lowest BCUT2D eigenvalue weighted by Gasteiger charge is -2.35. The average Bonchev–Trinajstić information content (AvgIpc) is 2.39. The average molecular weight is 250 g/mol. The highest BCUT2D eigenvalue weighted by Gasteiger charge is 2.18. The fourth-order valence-corrected chi connectivity index (χ4v) is 3.27. The number of rotatable bonds is 3. The second kappa shape index (κ2) is 5.78. The Hall–Kier alpha value is -0.670. The van der Waals surface area contributed by atoms with Gasteiger partial charge in [-0.1, -0.05) is 19.1 Å². The molecule has 2 rings (SSSR count). The summed E-state index contributed by atoms with van der Waals surface area (Å²) >= 11 is 2.05. The summed E-state index contributed by atoms with van der Waals surface area (Å²) in [6.45, 7) is 5.59. The lowest BCUT2D eigenvalue weighted by molar-refractivity contribution is 0.691. The normalized spacial score (nSPS) is 22.5. The van der Waals surface area contributed by atoms with Crippen molar-refractivity contribution < 1.29 is 0 Å². The van der Waals surface area contributed by atoms with Crippen LogP contribution in [0.3, 0.4) is 0 Å². The molecule has 0 bridgehead atoms. The lowest BCUT2D eigenvalue weighted by Crippen LogP contribution is -2.40. The second-order valence-corrected chi connectivity index (χ2v) is 5.87. The topological polar surface area (TPSA) is 29.3 Å². The Balaban J connectivity index is 2.11. The van der Waals surface area contributed by atoms with Crippen molar-refractivity contribution in [3.63, 3.8) is 0 Å². The van der Waals surface area contributed by atoms with Gasteiger partial charge < -0.3 is 10.6 Å². The van der Waals surface area contributed by atoms with Crippen LogP contribution >= 0.6 is 11.8 Å². The Kier molecular flexibility index (Phi) is 4.35. The predicted molar refractivity (Wildman–Crippen MR) is 77.8 cm³/mol. The van der Waals surface area contributed by atoms with Crippen molar-refractivity contribution in [1.29, 1.82) is 0 Å². The summed E-state index contributed by atoms with van der Waals surface area (Å²) in [5, 5.41) is 0. The van der Waals surface area contributed by atoms with E-state index in [-0.39, 0.29) is 6.04 Å². The summed E-state index contributed by atoms with van der Waals surface area (Å²) in [6.07, 6.45) is 0.996. The molecule has 0 spiro atoms. The zero-order chi connectivity index (χ0) is 12.3. The van der Waals surface area contributed by atoms with Crippen LogP contribution in [0.4, 0.5) is 5.69 Å². The molecule has 1 aromatic carbocycles. The van der Waals surface area contributed by atoms with Gasteiger partial charge in [0.25, 0.3) is 0 Å². The first-order valence-electron chi connectivity index (χ1n) is 6.42. The molecule has 2 unspecified atom stereocenters. The van der Waals surface area contributed by atoms with Crippen LogP contribution in [-0.4, -0.2) is 24.1 Å². The maximum absolute atomic E-state index is 6.03. The van der Waals surface area contributed by atoms with E-state index in [4.69, 9.17) is 5.73 Å². The third kappa shape index (κ3) is 2.96. The quantitative estimate of drug-likeness (QED) is 0.894. The molecule has 0 saturated carbocycles. The molecule has 2 atom stereocenters. The number of nitrogens with two attached hydrogens (primary N) is 1. The highest BCUT2D eigenvalue weighted by atomic mass is 32.2. The summed E-state index contributed by atoms with van der Waals surface area (Å²) in [5.41, 5.74) is 8.62. The molecule has 3 heteroatoms. The Morgan fingerprint density at radius 3 is 2.71 bits per heavy atom. The van der Waals surface area contributed by atoms with Gasteiger partial charge >= 0.3 is 0 Å². The van der Waals surface area contributed by atoms with Gasteiger partial charge in [0.05, 0.1) is 0 Å². The van der Waals surface area contributed by atoms with Crippen molar-refractivity contribution in [2.24, 2.45) is 5.73 Å². The molecule has 1 saturated heterocycles. The summed E-state index contributed by atoms with van der Waals surface area (Å²) in [4.78, 5) is 2.50. The van der Waals surface area contributed by atoms with Crippen LogP contribution in [0.2, 0.25) is 0 Å². The van der Waals surface area contributed by atoms with E-state index in [2.05, 4.69) is 54.8 Å². The van der Waals surface area contributed by atoms with Gasteiger partial charge in [-0.3, -0.25) is 0 Å². The van der Waals surface area contributed by atoms with Gasteiger partial charge in [-0.25, -0.2) is 0 Å². The van der Waals surface area contributed by atoms with Crippen molar-refractivity contribution >= 4 is 17.4 Å². The third-order valence-corrected chi connectivity index (χ3v) is 4.65.